The Bertz CT molecular complexity index is 875. The molecule has 7 nitrogen and oxygen atoms in total. The van der Waals surface area contributed by atoms with Gasteiger partial charge in [0.25, 0.3) is 10.0 Å². The molecule has 0 saturated carbocycles. The highest BCUT2D eigenvalue weighted by molar-refractivity contribution is 7.91. The zero-order valence-corrected chi connectivity index (χ0v) is 16.7. The minimum atomic E-state index is -3.44. The van der Waals surface area contributed by atoms with Crippen LogP contribution in [0.4, 0.5) is 0 Å². The van der Waals surface area contributed by atoms with Crippen molar-refractivity contribution in [3.05, 3.63) is 40.8 Å². The Morgan fingerprint density at radius 1 is 1.12 bits per heavy atom. The fraction of sp³-hybridized carbons (Fsp3) is 0.353. The zero-order valence-electron chi connectivity index (χ0n) is 15.1. The van der Waals surface area contributed by atoms with E-state index < -0.39 is 10.0 Å². The predicted octanol–water partition coefficient (Wildman–Crippen LogP) is 1.87. The van der Waals surface area contributed by atoms with Crippen molar-refractivity contribution in [3.8, 4) is 11.5 Å². The van der Waals surface area contributed by atoms with Crippen LogP contribution in [0.25, 0.3) is 0 Å². The van der Waals surface area contributed by atoms with Crippen molar-refractivity contribution in [3.63, 3.8) is 0 Å². The van der Waals surface area contributed by atoms with Crippen molar-refractivity contribution in [2.24, 2.45) is 0 Å². The number of amides is 1. The third-order valence-electron chi connectivity index (χ3n) is 3.64. The number of hydrogen-bond donors (Lipinski definition) is 1. The second-order valence-electron chi connectivity index (χ2n) is 5.65. The molecule has 1 heterocycles. The van der Waals surface area contributed by atoms with Gasteiger partial charge < -0.3 is 14.8 Å². The van der Waals surface area contributed by atoms with E-state index in [-0.39, 0.29) is 23.1 Å². The number of sulfonamides is 1. The van der Waals surface area contributed by atoms with Crippen molar-refractivity contribution in [2.45, 2.75) is 17.2 Å². The lowest BCUT2D eigenvalue weighted by Gasteiger charge is -2.10. The van der Waals surface area contributed by atoms with Crippen molar-refractivity contribution in [1.82, 2.24) is 9.62 Å². The first-order valence-corrected chi connectivity index (χ1v) is 10.0. The summed E-state index contributed by atoms with van der Waals surface area (Å²) >= 11 is 1.15. The van der Waals surface area contributed by atoms with Crippen LogP contribution in [0.2, 0.25) is 0 Å². The second-order valence-corrected chi connectivity index (χ2v) is 9.20. The summed E-state index contributed by atoms with van der Waals surface area (Å²) in [5.41, 5.74) is 0.794. The summed E-state index contributed by atoms with van der Waals surface area (Å²) in [4.78, 5) is 12.9. The first kappa shape index (κ1) is 20.2. The number of methoxy groups -OCH3 is 2. The second kappa shape index (κ2) is 8.52. The molecule has 0 spiro atoms. The molecule has 1 aromatic heterocycles. The van der Waals surface area contributed by atoms with E-state index in [4.69, 9.17) is 9.47 Å². The van der Waals surface area contributed by atoms with Crippen LogP contribution in [-0.2, 0) is 27.8 Å². The van der Waals surface area contributed by atoms with Crippen molar-refractivity contribution < 1.29 is 22.7 Å². The fourth-order valence-electron chi connectivity index (χ4n) is 2.20. The summed E-state index contributed by atoms with van der Waals surface area (Å²) in [6.07, 6.45) is 0.189. The van der Waals surface area contributed by atoms with Gasteiger partial charge in [-0.3, -0.25) is 4.79 Å². The molecule has 0 aliphatic heterocycles. The van der Waals surface area contributed by atoms with Crippen LogP contribution in [0, 0.1) is 0 Å². The third-order valence-corrected chi connectivity index (χ3v) is 7.01. The molecule has 0 fully saturated rings. The maximum Gasteiger partial charge on any atom is 0.252 e. The largest absolute Gasteiger partial charge is 0.493 e. The fourth-order valence-corrected chi connectivity index (χ4v) is 4.66. The maximum absolute atomic E-state index is 12.1. The van der Waals surface area contributed by atoms with Crippen LogP contribution in [0.15, 0.2) is 34.5 Å². The Balaban J connectivity index is 1.97. The summed E-state index contributed by atoms with van der Waals surface area (Å²) in [7, 11) is 2.62. The monoisotopic (exact) mass is 398 g/mol. The van der Waals surface area contributed by atoms with Gasteiger partial charge in [-0.15, -0.1) is 11.3 Å². The molecule has 2 aromatic rings. The molecule has 1 N–H and O–H groups in total. The van der Waals surface area contributed by atoms with Gasteiger partial charge in [-0.25, -0.2) is 12.7 Å². The van der Waals surface area contributed by atoms with Crippen molar-refractivity contribution in [1.29, 1.82) is 0 Å². The van der Waals surface area contributed by atoms with E-state index in [0.29, 0.717) is 11.5 Å². The van der Waals surface area contributed by atoms with Crippen LogP contribution in [0.1, 0.15) is 10.4 Å². The number of carbonyl (C=O) groups is 1. The van der Waals surface area contributed by atoms with Gasteiger partial charge in [0.2, 0.25) is 5.91 Å². The molecule has 0 atom stereocenters. The van der Waals surface area contributed by atoms with Gasteiger partial charge in [-0.2, -0.15) is 0 Å². The lowest BCUT2D eigenvalue weighted by molar-refractivity contribution is -0.120. The Morgan fingerprint density at radius 3 is 2.42 bits per heavy atom. The topological polar surface area (TPSA) is 84.9 Å². The molecule has 9 heteroatoms. The molecule has 1 aromatic carbocycles. The quantitative estimate of drug-likeness (QED) is 0.734. The van der Waals surface area contributed by atoms with E-state index in [0.717, 1.165) is 26.1 Å². The predicted molar refractivity (Wildman–Crippen MR) is 100 cm³/mol. The lowest BCUT2D eigenvalue weighted by atomic mass is 10.1. The standard InChI is InChI=1S/C17H22N2O5S2/c1-19(2)26(21,22)17-8-6-13(25-17)11-18-16(20)10-12-5-7-14(23-3)15(9-12)24-4/h5-9H,10-11H2,1-4H3,(H,18,20). The van der Waals surface area contributed by atoms with Crippen molar-refractivity contribution >= 4 is 27.3 Å². The van der Waals surface area contributed by atoms with Crippen molar-refractivity contribution in [2.75, 3.05) is 28.3 Å². The number of carbonyl (C=O) groups excluding carboxylic acids is 1. The third kappa shape index (κ3) is 4.75. The molecule has 26 heavy (non-hydrogen) atoms. The van der Waals surface area contributed by atoms with E-state index >= 15 is 0 Å². The van der Waals surface area contributed by atoms with Gasteiger partial charge in [0, 0.05) is 19.0 Å². The molecule has 142 valence electrons. The maximum atomic E-state index is 12.1. The highest BCUT2D eigenvalue weighted by Crippen LogP contribution is 2.28. The van der Waals surface area contributed by atoms with Crippen LogP contribution < -0.4 is 14.8 Å². The molecule has 0 aliphatic rings. The summed E-state index contributed by atoms with van der Waals surface area (Å²) in [5.74, 6) is 1.00. The van der Waals surface area contributed by atoms with Crippen LogP contribution in [-0.4, -0.2) is 46.9 Å². The number of thiophene rings is 1. The average molecular weight is 399 g/mol. The first-order valence-electron chi connectivity index (χ1n) is 7.76. The molecule has 0 radical (unpaired) electrons. The normalized spacial score (nSPS) is 11.4. The first-order chi connectivity index (χ1) is 12.3. The van der Waals surface area contributed by atoms with Gasteiger partial charge in [0.15, 0.2) is 11.5 Å². The van der Waals surface area contributed by atoms with Crippen LogP contribution >= 0.6 is 11.3 Å². The Labute approximate surface area is 157 Å². The van der Waals surface area contributed by atoms with E-state index in [1.807, 2.05) is 0 Å². The van der Waals surface area contributed by atoms with Crippen LogP contribution in [0.5, 0.6) is 11.5 Å². The zero-order chi connectivity index (χ0) is 19.3. The summed E-state index contributed by atoms with van der Waals surface area (Å²) in [5, 5.41) is 2.80. The molecule has 2 rings (SSSR count). The lowest BCUT2D eigenvalue weighted by Crippen LogP contribution is -2.24. The highest BCUT2D eigenvalue weighted by atomic mass is 32.2. The smallest absolute Gasteiger partial charge is 0.252 e. The molecule has 0 bridgehead atoms. The molecule has 0 saturated heterocycles. The van der Waals surface area contributed by atoms with Gasteiger partial charge in [-0.1, -0.05) is 6.07 Å². The molecular weight excluding hydrogens is 376 g/mol. The van der Waals surface area contributed by atoms with E-state index in [1.54, 1.807) is 37.4 Å². The summed E-state index contributed by atoms with van der Waals surface area (Å²) < 4.78 is 35.9. The van der Waals surface area contributed by atoms with Gasteiger partial charge >= 0.3 is 0 Å². The summed E-state index contributed by atoms with van der Waals surface area (Å²) in [6.45, 7) is 0.278. The van der Waals surface area contributed by atoms with Gasteiger partial charge in [-0.05, 0) is 29.8 Å². The van der Waals surface area contributed by atoms with E-state index in [2.05, 4.69) is 5.32 Å². The highest BCUT2D eigenvalue weighted by Gasteiger charge is 2.19. The van der Waals surface area contributed by atoms with E-state index in [1.165, 1.54) is 21.2 Å². The summed E-state index contributed by atoms with van der Waals surface area (Å²) in [6, 6.07) is 8.56. The minimum Gasteiger partial charge on any atom is -0.493 e. The minimum absolute atomic E-state index is 0.164. The number of nitrogens with zero attached hydrogens (tertiary/aromatic N) is 1. The van der Waals surface area contributed by atoms with Crippen LogP contribution in [0.3, 0.4) is 0 Å². The Kier molecular flexibility index (Phi) is 6.63. The number of nitrogens with one attached hydrogen (secondary N) is 1. The number of benzene rings is 1. The SMILES string of the molecule is COc1ccc(CC(=O)NCc2ccc(S(=O)(=O)N(C)C)s2)cc1OC. The van der Waals surface area contributed by atoms with Gasteiger partial charge in [0.1, 0.15) is 4.21 Å². The Morgan fingerprint density at radius 2 is 1.81 bits per heavy atom. The molecular formula is C17H22N2O5S2. The van der Waals surface area contributed by atoms with E-state index in [9.17, 15) is 13.2 Å². The Hall–Kier alpha value is -2.10. The molecule has 0 unspecified atom stereocenters. The molecule has 1 amide bonds. The molecule has 0 aliphatic carbocycles. The number of rotatable bonds is 8. The number of hydrogen-bond acceptors (Lipinski definition) is 6. The average Bonchev–Trinajstić information content (AvgIpc) is 3.09. The number of ether oxygens (including phenoxy) is 2. The van der Waals surface area contributed by atoms with Gasteiger partial charge in [0.05, 0.1) is 27.2 Å².